The van der Waals surface area contributed by atoms with Crippen molar-refractivity contribution in [3.05, 3.63) is 41.7 Å². The molecule has 8 heteroatoms. The number of halogens is 2. The van der Waals surface area contributed by atoms with Gasteiger partial charge in [-0.25, -0.2) is 0 Å². The Balaban J connectivity index is 2.96. The van der Waals surface area contributed by atoms with Crippen molar-refractivity contribution in [3.8, 4) is 29.0 Å². The van der Waals surface area contributed by atoms with E-state index in [1.165, 1.54) is 7.11 Å². The molecule has 0 atom stereocenters. The predicted octanol–water partition coefficient (Wildman–Crippen LogP) is 2.74. The summed E-state index contributed by atoms with van der Waals surface area (Å²) >= 11 is 5.44. The molecular weight excluding hydrogens is 463 g/mol. The second-order valence-electron chi connectivity index (χ2n) is 4.18. The highest BCUT2D eigenvalue weighted by Gasteiger charge is 2.21. The predicted molar refractivity (Wildman–Crippen MR) is 93.3 cm³/mol. The van der Waals surface area contributed by atoms with E-state index in [2.05, 4.69) is 43.5 Å². The Labute approximate surface area is 147 Å². The van der Waals surface area contributed by atoms with E-state index >= 15 is 0 Å². The third-order valence-corrected chi connectivity index (χ3v) is 4.48. The van der Waals surface area contributed by atoms with Gasteiger partial charge in [-0.15, -0.1) is 0 Å². The first kappa shape index (κ1) is 16.3. The summed E-state index contributed by atoms with van der Waals surface area (Å²) in [6.07, 6.45) is 0. The van der Waals surface area contributed by atoms with Crippen LogP contribution in [0.1, 0.15) is 11.1 Å². The van der Waals surface area contributed by atoms with Crippen LogP contribution >= 0.6 is 38.5 Å². The summed E-state index contributed by atoms with van der Waals surface area (Å²) < 4.78 is 6.57. The summed E-state index contributed by atoms with van der Waals surface area (Å²) in [7, 11) is 1.54. The molecule has 1 heterocycles. The van der Waals surface area contributed by atoms with Crippen LogP contribution in [0.3, 0.4) is 0 Å². The maximum Gasteiger partial charge on any atom is 0.268 e. The molecule has 6 nitrogen and oxygen atoms in total. The molecule has 1 aromatic carbocycles. The molecule has 2 aromatic rings. The molecule has 0 aliphatic heterocycles. The zero-order chi connectivity index (χ0) is 16.4. The molecule has 0 unspecified atom stereocenters. The zero-order valence-electron chi connectivity index (χ0n) is 11.2. The second kappa shape index (κ2) is 6.38. The first-order valence-corrected chi connectivity index (χ1v) is 7.71. The van der Waals surface area contributed by atoms with Crippen LogP contribution in [0.25, 0.3) is 11.1 Å². The first-order valence-electron chi connectivity index (χ1n) is 5.84. The Hall–Kier alpha value is -2.04. The zero-order valence-corrected chi connectivity index (χ0v) is 14.9. The molecular formula is C14H8BrIN4O2. The van der Waals surface area contributed by atoms with Crippen molar-refractivity contribution in [1.29, 1.82) is 10.5 Å². The van der Waals surface area contributed by atoms with Gasteiger partial charge >= 0.3 is 0 Å². The monoisotopic (exact) mass is 470 g/mol. The maximum absolute atomic E-state index is 11.9. The van der Waals surface area contributed by atoms with Crippen molar-refractivity contribution >= 4 is 44.3 Å². The largest absolute Gasteiger partial charge is 0.496 e. The lowest BCUT2D eigenvalue weighted by Gasteiger charge is -2.13. The van der Waals surface area contributed by atoms with Gasteiger partial charge in [0.05, 0.1) is 10.7 Å². The number of rotatable bonds is 2. The maximum atomic E-state index is 11.9. The van der Waals surface area contributed by atoms with E-state index in [-0.39, 0.29) is 22.5 Å². The molecule has 0 fully saturated rings. The van der Waals surface area contributed by atoms with Gasteiger partial charge in [0, 0.05) is 15.6 Å². The number of nitrogens with one attached hydrogen (secondary N) is 1. The number of nitriles is 2. The van der Waals surface area contributed by atoms with Crippen molar-refractivity contribution < 1.29 is 4.74 Å². The van der Waals surface area contributed by atoms with Crippen molar-refractivity contribution in [3.63, 3.8) is 0 Å². The summed E-state index contributed by atoms with van der Waals surface area (Å²) in [6.45, 7) is 0. The van der Waals surface area contributed by atoms with Gasteiger partial charge in [-0.1, -0.05) is 15.9 Å². The highest BCUT2D eigenvalue weighted by molar-refractivity contribution is 14.1. The van der Waals surface area contributed by atoms with Gasteiger partial charge in [-0.05, 0) is 34.7 Å². The van der Waals surface area contributed by atoms with Gasteiger partial charge in [-0.2, -0.15) is 10.5 Å². The van der Waals surface area contributed by atoms with E-state index in [4.69, 9.17) is 10.5 Å². The van der Waals surface area contributed by atoms with Gasteiger partial charge in [0.2, 0.25) is 0 Å². The molecule has 0 saturated heterocycles. The Kier molecular flexibility index (Phi) is 4.74. The van der Waals surface area contributed by atoms with Crippen LogP contribution in [0.2, 0.25) is 0 Å². The van der Waals surface area contributed by atoms with E-state index in [0.717, 1.165) is 3.57 Å². The number of anilines is 1. The van der Waals surface area contributed by atoms with Gasteiger partial charge in [0.15, 0.2) is 0 Å². The van der Waals surface area contributed by atoms with Crippen molar-refractivity contribution in [1.82, 2.24) is 4.98 Å². The number of aromatic amines is 1. The lowest BCUT2D eigenvalue weighted by Crippen LogP contribution is -2.16. The van der Waals surface area contributed by atoms with Crippen LogP contribution < -0.4 is 16.0 Å². The van der Waals surface area contributed by atoms with E-state index in [0.29, 0.717) is 15.8 Å². The number of hydrogen-bond acceptors (Lipinski definition) is 5. The van der Waals surface area contributed by atoms with Crippen LogP contribution in [-0.4, -0.2) is 12.1 Å². The van der Waals surface area contributed by atoms with E-state index in [1.54, 1.807) is 12.1 Å². The van der Waals surface area contributed by atoms with Crippen molar-refractivity contribution in [2.24, 2.45) is 0 Å². The SMILES string of the molecule is COc1cc(Br)c(-c2c(C#N)c(N)[nH]c(=O)c2C#N)cc1I. The molecule has 3 N–H and O–H groups in total. The topological polar surface area (TPSA) is 116 Å². The van der Waals surface area contributed by atoms with Gasteiger partial charge in [0.1, 0.15) is 34.8 Å². The van der Waals surface area contributed by atoms with Gasteiger partial charge in [-0.3, -0.25) is 4.79 Å². The van der Waals surface area contributed by atoms with Crippen LogP contribution in [0, 0.1) is 26.2 Å². The Bertz CT molecular complexity index is 909. The number of nitrogens with zero attached hydrogens (tertiary/aromatic N) is 2. The minimum Gasteiger partial charge on any atom is -0.496 e. The molecule has 22 heavy (non-hydrogen) atoms. The normalized spacial score (nSPS) is 9.86. The fraction of sp³-hybridized carbons (Fsp3) is 0.0714. The number of nitrogen functional groups attached to an aromatic ring is 1. The summed E-state index contributed by atoms with van der Waals surface area (Å²) in [6, 6.07) is 7.20. The van der Waals surface area contributed by atoms with Gasteiger partial charge < -0.3 is 15.5 Å². The minimum absolute atomic E-state index is 0.0535. The Morgan fingerprint density at radius 3 is 2.50 bits per heavy atom. The lowest BCUT2D eigenvalue weighted by atomic mass is 9.96. The highest BCUT2D eigenvalue weighted by atomic mass is 127. The molecule has 0 amide bonds. The number of aromatic nitrogens is 1. The van der Waals surface area contributed by atoms with Crippen LogP contribution in [0.5, 0.6) is 5.75 Å². The number of nitrogens with two attached hydrogens (primary N) is 1. The van der Waals surface area contributed by atoms with E-state index < -0.39 is 5.56 Å². The molecule has 0 bridgehead atoms. The fourth-order valence-electron chi connectivity index (χ4n) is 1.99. The molecule has 0 aliphatic carbocycles. The molecule has 2 rings (SSSR count). The third-order valence-electron chi connectivity index (χ3n) is 2.98. The summed E-state index contributed by atoms with van der Waals surface area (Å²) in [4.78, 5) is 14.3. The quantitative estimate of drug-likeness (QED) is 0.654. The van der Waals surface area contributed by atoms with Crippen molar-refractivity contribution in [2.45, 2.75) is 0 Å². The summed E-state index contributed by atoms with van der Waals surface area (Å²) in [5.41, 5.74) is 5.70. The molecule has 0 spiro atoms. The number of pyridine rings is 1. The number of ether oxygens (including phenoxy) is 1. The molecule has 0 aliphatic rings. The number of benzene rings is 1. The number of hydrogen-bond donors (Lipinski definition) is 2. The molecule has 0 saturated carbocycles. The van der Waals surface area contributed by atoms with Crippen LogP contribution in [0.15, 0.2) is 21.4 Å². The van der Waals surface area contributed by atoms with Gasteiger partial charge in [0.25, 0.3) is 5.56 Å². The second-order valence-corrected chi connectivity index (χ2v) is 6.20. The van der Waals surface area contributed by atoms with Crippen LogP contribution in [0.4, 0.5) is 5.82 Å². The number of methoxy groups -OCH3 is 1. The fourth-order valence-corrected chi connectivity index (χ4v) is 3.20. The minimum atomic E-state index is -0.633. The third kappa shape index (κ3) is 2.67. The summed E-state index contributed by atoms with van der Waals surface area (Å²) in [5.74, 6) is 0.560. The molecule has 110 valence electrons. The average Bonchev–Trinajstić information content (AvgIpc) is 2.48. The average molecular weight is 471 g/mol. The highest BCUT2D eigenvalue weighted by Crippen LogP contribution is 2.38. The van der Waals surface area contributed by atoms with E-state index in [1.807, 2.05) is 12.1 Å². The van der Waals surface area contributed by atoms with Crippen LogP contribution in [-0.2, 0) is 0 Å². The Morgan fingerprint density at radius 1 is 1.32 bits per heavy atom. The smallest absolute Gasteiger partial charge is 0.268 e. The number of H-pyrrole nitrogens is 1. The Morgan fingerprint density at radius 2 is 1.95 bits per heavy atom. The first-order chi connectivity index (χ1) is 10.4. The standard InChI is InChI=1S/C14H8BrIN4O2/c1-22-11-3-9(15)6(2-10(11)16)12-7(4-17)13(19)20-14(21)8(12)5-18/h2-3H,1H3,(H3,19,20,21). The van der Waals surface area contributed by atoms with E-state index in [9.17, 15) is 15.3 Å². The van der Waals surface area contributed by atoms with Crippen molar-refractivity contribution in [2.75, 3.05) is 12.8 Å². The molecule has 1 aromatic heterocycles. The molecule has 0 radical (unpaired) electrons. The summed E-state index contributed by atoms with van der Waals surface area (Å²) in [5, 5.41) is 18.6. The lowest BCUT2D eigenvalue weighted by molar-refractivity contribution is 0.411.